The first-order valence-electron chi connectivity index (χ1n) is 6.90. The number of nitrogens with zero attached hydrogens (tertiary/aromatic N) is 3. The monoisotopic (exact) mass is 321 g/mol. The van der Waals surface area contributed by atoms with E-state index in [1.54, 1.807) is 18.2 Å². The summed E-state index contributed by atoms with van der Waals surface area (Å²) >= 11 is 0. The smallest absolute Gasteiger partial charge is 0.282 e. The molecule has 120 valence electrons. The highest BCUT2D eigenvalue weighted by Gasteiger charge is 2.36. The van der Waals surface area contributed by atoms with E-state index in [1.165, 1.54) is 6.92 Å². The Kier molecular flexibility index (Phi) is 3.46. The predicted octanol–water partition coefficient (Wildman–Crippen LogP) is 3.81. The second-order valence-electron chi connectivity index (χ2n) is 5.30. The summed E-state index contributed by atoms with van der Waals surface area (Å²) in [7, 11) is 0. The van der Waals surface area contributed by atoms with Gasteiger partial charge in [0, 0.05) is 11.3 Å². The zero-order valence-electron chi connectivity index (χ0n) is 12.7. The summed E-state index contributed by atoms with van der Waals surface area (Å²) in [5.74, 6) is 0. The number of hydrogen-bond donors (Lipinski definition) is 2. The minimum absolute atomic E-state index is 0.0251. The molecule has 3 rings (SSSR count). The second-order valence-corrected chi connectivity index (χ2v) is 5.30. The van der Waals surface area contributed by atoms with Crippen LogP contribution in [0.15, 0.2) is 18.2 Å². The van der Waals surface area contributed by atoms with Crippen molar-refractivity contribution < 1.29 is 13.2 Å². The fourth-order valence-electron chi connectivity index (χ4n) is 2.36. The molecule has 0 aliphatic carbocycles. The Morgan fingerprint density at radius 1 is 0.870 bits per heavy atom. The van der Waals surface area contributed by atoms with E-state index in [9.17, 15) is 13.2 Å². The number of pyridine rings is 1. The number of aromatic amines is 2. The summed E-state index contributed by atoms with van der Waals surface area (Å²) in [6.45, 7) is 5.17. The zero-order valence-corrected chi connectivity index (χ0v) is 12.7. The lowest BCUT2D eigenvalue weighted by Gasteiger charge is -2.05. The fourth-order valence-corrected chi connectivity index (χ4v) is 2.36. The van der Waals surface area contributed by atoms with Crippen molar-refractivity contribution in [2.75, 3.05) is 0 Å². The largest absolute Gasteiger partial charge is 0.433 e. The molecule has 0 atom stereocenters. The number of halogens is 3. The molecule has 0 saturated carbocycles. The maximum atomic E-state index is 12.9. The topological polar surface area (TPSA) is 70.2 Å². The molecule has 0 aliphatic heterocycles. The van der Waals surface area contributed by atoms with Crippen LogP contribution in [-0.4, -0.2) is 25.4 Å². The van der Waals surface area contributed by atoms with Crippen LogP contribution in [0, 0.1) is 20.8 Å². The Labute approximate surface area is 130 Å². The van der Waals surface area contributed by atoms with Crippen LogP contribution in [0.5, 0.6) is 0 Å². The van der Waals surface area contributed by atoms with Gasteiger partial charge in [0.05, 0.1) is 11.4 Å². The minimum atomic E-state index is -4.47. The van der Waals surface area contributed by atoms with Gasteiger partial charge in [0.15, 0.2) is 0 Å². The van der Waals surface area contributed by atoms with Crippen molar-refractivity contribution in [3.63, 3.8) is 0 Å². The molecule has 3 heterocycles. The minimum Gasteiger partial charge on any atom is -0.282 e. The molecule has 23 heavy (non-hydrogen) atoms. The highest BCUT2D eigenvalue weighted by molar-refractivity contribution is 5.66. The van der Waals surface area contributed by atoms with E-state index in [0.29, 0.717) is 17.1 Å². The Balaban J connectivity index is 2.08. The number of nitrogens with one attached hydrogen (secondary N) is 2. The number of hydrogen-bond acceptors (Lipinski definition) is 3. The maximum Gasteiger partial charge on any atom is 0.433 e. The molecule has 0 aromatic carbocycles. The van der Waals surface area contributed by atoms with E-state index in [1.807, 2.05) is 13.8 Å². The van der Waals surface area contributed by atoms with Gasteiger partial charge in [-0.1, -0.05) is 6.07 Å². The van der Waals surface area contributed by atoms with Gasteiger partial charge < -0.3 is 0 Å². The van der Waals surface area contributed by atoms with Crippen LogP contribution in [0.2, 0.25) is 0 Å². The van der Waals surface area contributed by atoms with Gasteiger partial charge in [-0.2, -0.15) is 23.4 Å². The third-order valence-electron chi connectivity index (χ3n) is 3.78. The third kappa shape index (κ3) is 2.60. The lowest BCUT2D eigenvalue weighted by atomic mass is 10.1. The maximum absolute atomic E-state index is 12.9. The van der Waals surface area contributed by atoms with Crippen LogP contribution >= 0.6 is 0 Å². The first kappa shape index (κ1) is 15.3. The third-order valence-corrected chi connectivity index (χ3v) is 3.78. The van der Waals surface area contributed by atoms with E-state index in [4.69, 9.17) is 0 Å². The van der Waals surface area contributed by atoms with Crippen LogP contribution in [0.25, 0.3) is 22.8 Å². The van der Waals surface area contributed by atoms with Gasteiger partial charge in [0.2, 0.25) is 0 Å². The fraction of sp³-hybridized carbons (Fsp3) is 0.267. The van der Waals surface area contributed by atoms with Crippen LogP contribution in [0.1, 0.15) is 22.5 Å². The molecule has 8 heteroatoms. The Hall–Kier alpha value is -2.64. The predicted molar refractivity (Wildman–Crippen MR) is 78.6 cm³/mol. The molecule has 5 nitrogen and oxygen atoms in total. The standard InChI is InChI=1S/C15H14F3N5/c1-7-9(3)20-21-12(7)10-5-4-6-11(19-10)13-8(2)14(23-22-13)15(16,17)18/h4-6H,1-3H3,(H,20,21)(H,22,23). The lowest BCUT2D eigenvalue weighted by molar-refractivity contribution is -0.141. The van der Waals surface area contributed by atoms with Crippen molar-refractivity contribution in [2.45, 2.75) is 26.9 Å². The van der Waals surface area contributed by atoms with Crippen molar-refractivity contribution >= 4 is 0 Å². The molecule has 2 N–H and O–H groups in total. The van der Waals surface area contributed by atoms with Crippen LogP contribution in [0.4, 0.5) is 13.2 Å². The van der Waals surface area contributed by atoms with Gasteiger partial charge in [-0.05, 0) is 38.5 Å². The van der Waals surface area contributed by atoms with Crippen LogP contribution in [0.3, 0.4) is 0 Å². The van der Waals surface area contributed by atoms with E-state index in [0.717, 1.165) is 11.3 Å². The molecule has 0 amide bonds. The van der Waals surface area contributed by atoms with Crippen LogP contribution < -0.4 is 0 Å². The molecule has 3 aromatic rings. The number of H-pyrrole nitrogens is 2. The Morgan fingerprint density at radius 3 is 1.91 bits per heavy atom. The van der Waals surface area contributed by atoms with Gasteiger partial charge in [-0.15, -0.1) is 0 Å². The van der Waals surface area contributed by atoms with E-state index in [-0.39, 0.29) is 11.3 Å². The van der Waals surface area contributed by atoms with Crippen molar-refractivity contribution in [3.05, 3.63) is 40.7 Å². The highest BCUT2D eigenvalue weighted by atomic mass is 19.4. The van der Waals surface area contributed by atoms with Gasteiger partial charge in [-0.25, -0.2) is 4.98 Å². The van der Waals surface area contributed by atoms with Crippen molar-refractivity contribution in [1.29, 1.82) is 0 Å². The molecule has 0 aliphatic rings. The van der Waals surface area contributed by atoms with Crippen molar-refractivity contribution in [2.24, 2.45) is 0 Å². The second kappa shape index (κ2) is 5.22. The van der Waals surface area contributed by atoms with Crippen LogP contribution in [-0.2, 0) is 6.18 Å². The van der Waals surface area contributed by atoms with Crippen molar-refractivity contribution in [1.82, 2.24) is 25.4 Å². The SMILES string of the molecule is Cc1[nH]nc(-c2cccc(-c3n[nH]c(C(F)(F)F)c3C)n2)c1C. The van der Waals surface area contributed by atoms with Gasteiger partial charge in [0.1, 0.15) is 17.1 Å². The number of rotatable bonds is 2. The summed E-state index contributed by atoms with van der Waals surface area (Å²) in [5, 5.41) is 12.9. The molecule has 0 radical (unpaired) electrons. The first-order chi connectivity index (χ1) is 10.8. The van der Waals surface area contributed by atoms with Gasteiger partial charge in [0.25, 0.3) is 0 Å². The molecule has 0 spiro atoms. The molecule has 3 aromatic heterocycles. The number of aryl methyl sites for hydroxylation is 1. The molecular formula is C15H14F3N5. The van der Waals surface area contributed by atoms with E-state index in [2.05, 4.69) is 25.4 Å². The van der Waals surface area contributed by atoms with E-state index < -0.39 is 11.9 Å². The Bertz CT molecular complexity index is 860. The summed E-state index contributed by atoms with van der Waals surface area (Å²) in [5.41, 5.74) is 2.85. The summed E-state index contributed by atoms with van der Waals surface area (Å²) < 4.78 is 38.6. The molecule has 0 fully saturated rings. The summed E-state index contributed by atoms with van der Waals surface area (Å²) in [6, 6.07) is 5.11. The summed E-state index contributed by atoms with van der Waals surface area (Å²) in [6.07, 6.45) is -4.47. The summed E-state index contributed by atoms with van der Waals surface area (Å²) in [4.78, 5) is 4.41. The molecule has 0 bridgehead atoms. The lowest BCUT2D eigenvalue weighted by Crippen LogP contribution is -2.07. The van der Waals surface area contributed by atoms with E-state index >= 15 is 0 Å². The Morgan fingerprint density at radius 2 is 1.43 bits per heavy atom. The molecular weight excluding hydrogens is 307 g/mol. The normalized spacial score (nSPS) is 11.9. The van der Waals surface area contributed by atoms with Gasteiger partial charge >= 0.3 is 6.18 Å². The highest BCUT2D eigenvalue weighted by Crippen LogP contribution is 2.34. The van der Waals surface area contributed by atoms with Crippen molar-refractivity contribution in [3.8, 4) is 22.8 Å². The number of aromatic nitrogens is 5. The molecule has 0 saturated heterocycles. The average molecular weight is 321 g/mol. The number of alkyl halides is 3. The first-order valence-corrected chi connectivity index (χ1v) is 6.90. The average Bonchev–Trinajstić information content (AvgIpc) is 3.03. The molecule has 0 unspecified atom stereocenters. The van der Waals surface area contributed by atoms with Gasteiger partial charge in [-0.3, -0.25) is 10.2 Å². The zero-order chi connectivity index (χ0) is 16.8. The quantitative estimate of drug-likeness (QED) is 0.754.